The molecule has 0 aromatic heterocycles. The summed E-state index contributed by atoms with van der Waals surface area (Å²) in [5.41, 5.74) is 6.68. The maximum atomic E-state index is 11.1. The van der Waals surface area contributed by atoms with Crippen LogP contribution in [-0.2, 0) is 9.53 Å². The Morgan fingerprint density at radius 1 is 1.43 bits per heavy atom. The summed E-state index contributed by atoms with van der Waals surface area (Å²) in [7, 11) is 1.39. The van der Waals surface area contributed by atoms with Crippen LogP contribution in [0.5, 0.6) is 0 Å². The van der Waals surface area contributed by atoms with Crippen LogP contribution in [0.15, 0.2) is 30.3 Å². The lowest BCUT2D eigenvalue weighted by Gasteiger charge is -2.13. The van der Waals surface area contributed by atoms with Gasteiger partial charge in [0.05, 0.1) is 13.5 Å². The molecule has 0 saturated heterocycles. The highest BCUT2D eigenvalue weighted by Gasteiger charge is 2.14. The summed E-state index contributed by atoms with van der Waals surface area (Å²) in [6.45, 7) is 0.457. The van der Waals surface area contributed by atoms with Crippen molar-refractivity contribution in [2.75, 3.05) is 13.7 Å². The molecule has 0 fully saturated rings. The molecule has 0 aliphatic heterocycles. The van der Waals surface area contributed by atoms with E-state index in [9.17, 15) is 4.79 Å². The number of esters is 1. The van der Waals surface area contributed by atoms with Crippen molar-refractivity contribution in [2.45, 2.75) is 12.3 Å². The molecule has 0 saturated carbocycles. The van der Waals surface area contributed by atoms with Crippen LogP contribution in [-0.4, -0.2) is 19.6 Å². The molecule has 0 aliphatic rings. The zero-order chi connectivity index (χ0) is 10.4. The SMILES string of the molecule is COC(=O)C[C@@H](CN)c1ccccc1. The first-order valence-electron chi connectivity index (χ1n) is 4.59. The van der Waals surface area contributed by atoms with Gasteiger partial charge >= 0.3 is 5.97 Å². The lowest BCUT2D eigenvalue weighted by atomic mass is 9.96. The van der Waals surface area contributed by atoms with Crippen molar-refractivity contribution in [1.29, 1.82) is 0 Å². The fourth-order valence-corrected chi connectivity index (χ4v) is 1.35. The van der Waals surface area contributed by atoms with Gasteiger partial charge in [-0.3, -0.25) is 4.79 Å². The van der Waals surface area contributed by atoms with Gasteiger partial charge in [0.2, 0.25) is 0 Å². The standard InChI is InChI=1S/C11H15NO2/c1-14-11(13)7-10(8-12)9-5-3-2-4-6-9/h2-6,10H,7-8,12H2,1H3/t10-/m0/s1. The maximum Gasteiger partial charge on any atom is 0.306 e. The zero-order valence-electron chi connectivity index (χ0n) is 8.27. The minimum absolute atomic E-state index is 0.0589. The van der Waals surface area contributed by atoms with Crippen LogP contribution in [0.3, 0.4) is 0 Å². The number of carbonyl (C=O) groups excluding carboxylic acids is 1. The first-order valence-corrected chi connectivity index (χ1v) is 4.59. The lowest BCUT2D eigenvalue weighted by molar-refractivity contribution is -0.141. The molecule has 0 heterocycles. The third-order valence-electron chi connectivity index (χ3n) is 2.20. The van der Waals surface area contributed by atoms with E-state index < -0.39 is 0 Å². The highest BCUT2D eigenvalue weighted by atomic mass is 16.5. The van der Waals surface area contributed by atoms with Crippen molar-refractivity contribution in [3.8, 4) is 0 Å². The maximum absolute atomic E-state index is 11.1. The van der Waals surface area contributed by atoms with E-state index in [1.165, 1.54) is 7.11 Å². The largest absolute Gasteiger partial charge is 0.469 e. The van der Waals surface area contributed by atoms with Gasteiger partial charge in [0.1, 0.15) is 0 Å². The molecule has 1 aromatic carbocycles. The van der Waals surface area contributed by atoms with E-state index >= 15 is 0 Å². The van der Waals surface area contributed by atoms with Gasteiger partial charge in [0, 0.05) is 5.92 Å². The summed E-state index contributed by atoms with van der Waals surface area (Å²) >= 11 is 0. The van der Waals surface area contributed by atoms with Gasteiger partial charge in [0.15, 0.2) is 0 Å². The van der Waals surface area contributed by atoms with Crippen LogP contribution < -0.4 is 5.73 Å². The lowest BCUT2D eigenvalue weighted by Crippen LogP contribution is -2.17. The van der Waals surface area contributed by atoms with Crippen molar-refractivity contribution >= 4 is 5.97 Å². The highest BCUT2D eigenvalue weighted by molar-refractivity contribution is 5.70. The molecule has 2 N–H and O–H groups in total. The molecular weight excluding hydrogens is 178 g/mol. The number of hydrogen-bond donors (Lipinski definition) is 1. The van der Waals surface area contributed by atoms with Gasteiger partial charge in [-0.15, -0.1) is 0 Å². The van der Waals surface area contributed by atoms with Crippen molar-refractivity contribution in [1.82, 2.24) is 0 Å². The summed E-state index contributed by atoms with van der Waals surface area (Å²) in [6, 6.07) is 9.76. The van der Waals surface area contributed by atoms with Crippen molar-refractivity contribution in [3.63, 3.8) is 0 Å². The predicted octanol–water partition coefficient (Wildman–Crippen LogP) is 1.29. The Hall–Kier alpha value is -1.35. The minimum atomic E-state index is -0.218. The molecule has 0 aliphatic carbocycles. The second kappa shape index (κ2) is 5.40. The van der Waals surface area contributed by atoms with Gasteiger partial charge in [-0.1, -0.05) is 30.3 Å². The van der Waals surface area contributed by atoms with Crippen molar-refractivity contribution in [3.05, 3.63) is 35.9 Å². The molecule has 14 heavy (non-hydrogen) atoms. The number of nitrogens with two attached hydrogens (primary N) is 1. The Balaban J connectivity index is 2.68. The molecule has 76 valence electrons. The number of methoxy groups -OCH3 is 1. The van der Waals surface area contributed by atoms with E-state index in [-0.39, 0.29) is 11.9 Å². The Labute approximate surface area is 83.9 Å². The number of carbonyl (C=O) groups is 1. The minimum Gasteiger partial charge on any atom is -0.469 e. The normalized spacial score (nSPS) is 12.1. The van der Waals surface area contributed by atoms with Crippen molar-refractivity contribution < 1.29 is 9.53 Å². The number of rotatable bonds is 4. The fraction of sp³-hybridized carbons (Fsp3) is 0.364. The second-order valence-electron chi connectivity index (χ2n) is 3.12. The summed E-state index contributed by atoms with van der Waals surface area (Å²) in [4.78, 5) is 11.1. The van der Waals surface area contributed by atoms with Gasteiger partial charge in [0.25, 0.3) is 0 Å². The molecule has 1 atom stereocenters. The van der Waals surface area contributed by atoms with Crippen LogP contribution in [0, 0.1) is 0 Å². The van der Waals surface area contributed by atoms with Gasteiger partial charge in [-0.2, -0.15) is 0 Å². The first kappa shape index (κ1) is 10.7. The summed E-state index contributed by atoms with van der Waals surface area (Å²) in [5, 5.41) is 0. The van der Waals surface area contributed by atoms with Crippen molar-refractivity contribution in [2.24, 2.45) is 5.73 Å². The Morgan fingerprint density at radius 3 is 2.57 bits per heavy atom. The number of ether oxygens (including phenoxy) is 1. The van der Waals surface area contributed by atoms with E-state index in [4.69, 9.17) is 5.73 Å². The third kappa shape index (κ3) is 2.85. The molecule has 3 heteroatoms. The van der Waals surface area contributed by atoms with Gasteiger partial charge in [-0.05, 0) is 12.1 Å². The molecule has 0 radical (unpaired) electrons. The average molecular weight is 193 g/mol. The fourth-order valence-electron chi connectivity index (χ4n) is 1.35. The van der Waals surface area contributed by atoms with E-state index in [0.717, 1.165) is 5.56 Å². The smallest absolute Gasteiger partial charge is 0.306 e. The molecule has 0 amide bonds. The van der Waals surface area contributed by atoms with E-state index in [2.05, 4.69) is 4.74 Å². The van der Waals surface area contributed by atoms with Gasteiger partial charge in [-0.25, -0.2) is 0 Å². The predicted molar refractivity (Wildman–Crippen MR) is 54.9 cm³/mol. The van der Waals surface area contributed by atoms with Crippen LogP contribution in [0.4, 0.5) is 0 Å². The molecule has 1 aromatic rings. The molecule has 0 unspecified atom stereocenters. The summed E-state index contributed by atoms with van der Waals surface area (Å²) in [5.74, 6) is -0.159. The molecule has 0 bridgehead atoms. The second-order valence-corrected chi connectivity index (χ2v) is 3.12. The third-order valence-corrected chi connectivity index (χ3v) is 2.20. The van der Waals surface area contributed by atoms with E-state index in [1.54, 1.807) is 0 Å². The first-order chi connectivity index (χ1) is 6.77. The monoisotopic (exact) mass is 193 g/mol. The van der Waals surface area contributed by atoms with Gasteiger partial charge < -0.3 is 10.5 Å². The molecule has 3 nitrogen and oxygen atoms in total. The van der Waals surface area contributed by atoms with Crippen LogP contribution >= 0.6 is 0 Å². The summed E-state index contributed by atoms with van der Waals surface area (Å²) < 4.78 is 4.61. The number of hydrogen-bond acceptors (Lipinski definition) is 3. The van der Waals surface area contributed by atoms with E-state index in [0.29, 0.717) is 13.0 Å². The quantitative estimate of drug-likeness (QED) is 0.733. The molecular formula is C11H15NO2. The average Bonchev–Trinajstić information content (AvgIpc) is 2.26. The van der Waals surface area contributed by atoms with Crippen LogP contribution in [0.1, 0.15) is 17.9 Å². The Morgan fingerprint density at radius 2 is 2.07 bits per heavy atom. The Kier molecular flexibility index (Phi) is 4.13. The zero-order valence-corrected chi connectivity index (χ0v) is 8.27. The summed E-state index contributed by atoms with van der Waals surface area (Å²) in [6.07, 6.45) is 0.344. The van der Waals surface area contributed by atoms with E-state index in [1.807, 2.05) is 30.3 Å². The Bertz CT molecular complexity index is 285. The van der Waals surface area contributed by atoms with Crippen LogP contribution in [0.2, 0.25) is 0 Å². The topological polar surface area (TPSA) is 52.3 Å². The highest BCUT2D eigenvalue weighted by Crippen LogP contribution is 2.18. The number of benzene rings is 1. The molecule has 1 rings (SSSR count). The van der Waals surface area contributed by atoms with Crippen LogP contribution in [0.25, 0.3) is 0 Å². The molecule has 0 spiro atoms.